The number of hydrogen-bond acceptors (Lipinski definition) is 5. The zero-order valence-corrected chi connectivity index (χ0v) is 20.0. The number of rotatable bonds is 4. The predicted octanol–water partition coefficient (Wildman–Crippen LogP) is 4.60. The van der Waals surface area contributed by atoms with Crippen molar-refractivity contribution < 1.29 is 9.53 Å². The maximum Gasteiger partial charge on any atom is 0.251 e. The van der Waals surface area contributed by atoms with Gasteiger partial charge in [0.25, 0.3) is 5.91 Å². The molecule has 0 radical (unpaired) electrons. The molecule has 4 heterocycles. The maximum atomic E-state index is 12.2. The molecule has 180 valence electrons. The minimum Gasteiger partial charge on any atom is -0.383 e. The number of amides is 1. The van der Waals surface area contributed by atoms with Crippen LogP contribution in [0.25, 0.3) is 22.3 Å². The van der Waals surface area contributed by atoms with Crippen molar-refractivity contribution >= 4 is 11.7 Å². The van der Waals surface area contributed by atoms with Gasteiger partial charge in [-0.25, -0.2) is 4.98 Å². The summed E-state index contributed by atoms with van der Waals surface area (Å²) in [7, 11) is 0. The summed E-state index contributed by atoms with van der Waals surface area (Å²) >= 11 is 0. The number of fused-ring (bicyclic) bond motifs is 1. The van der Waals surface area contributed by atoms with Gasteiger partial charge in [-0.3, -0.25) is 4.79 Å². The monoisotopic (exact) mass is 468 g/mol. The van der Waals surface area contributed by atoms with Crippen LogP contribution >= 0.6 is 0 Å². The highest BCUT2D eigenvalue weighted by molar-refractivity contribution is 5.97. The average molecular weight is 469 g/mol. The van der Waals surface area contributed by atoms with Crippen LogP contribution in [0, 0.1) is 0 Å². The van der Waals surface area contributed by atoms with Gasteiger partial charge in [-0.05, 0) is 90.6 Å². The molecule has 1 amide bonds. The Balaban J connectivity index is 1.38. The van der Waals surface area contributed by atoms with E-state index in [0.29, 0.717) is 24.3 Å². The molecule has 4 N–H and O–H groups in total. The van der Waals surface area contributed by atoms with E-state index in [-0.39, 0.29) is 5.91 Å². The molecule has 3 aliphatic heterocycles. The molecule has 0 bridgehead atoms. The number of carbonyl (C=O) groups excluding carboxylic acids is 1. The molecule has 2 aromatic carbocycles. The Labute approximate surface area is 206 Å². The lowest BCUT2D eigenvalue weighted by Gasteiger charge is -2.27. The van der Waals surface area contributed by atoms with E-state index in [1.165, 1.54) is 24.0 Å². The topological polar surface area (TPSA) is 89.3 Å². The Hall–Kier alpha value is -3.22. The molecule has 1 aromatic heterocycles. The summed E-state index contributed by atoms with van der Waals surface area (Å²) in [5.74, 6) is 1.06. The van der Waals surface area contributed by atoms with Crippen molar-refractivity contribution in [2.75, 3.05) is 32.0 Å². The van der Waals surface area contributed by atoms with Gasteiger partial charge in [0.05, 0.1) is 0 Å². The number of aromatic nitrogens is 1. The average Bonchev–Trinajstić information content (AvgIpc) is 3.44. The van der Waals surface area contributed by atoms with E-state index >= 15 is 0 Å². The van der Waals surface area contributed by atoms with Crippen molar-refractivity contribution in [3.63, 3.8) is 0 Å². The lowest BCUT2D eigenvalue weighted by atomic mass is 9.84. The molecule has 6 nitrogen and oxygen atoms in total. The molecular formula is C29H32N4O2. The third-order valence-electron chi connectivity index (χ3n) is 7.78. The van der Waals surface area contributed by atoms with Gasteiger partial charge >= 0.3 is 0 Å². The predicted molar refractivity (Wildman–Crippen MR) is 138 cm³/mol. The highest BCUT2D eigenvalue weighted by Crippen LogP contribution is 2.38. The number of hydrogen-bond donors (Lipinski definition) is 3. The Morgan fingerprint density at radius 1 is 0.886 bits per heavy atom. The van der Waals surface area contributed by atoms with E-state index in [1.807, 2.05) is 18.3 Å². The van der Waals surface area contributed by atoms with Crippen LogP contribution in [0.15, 0.2) is 48.7 Å². The first-order chi connectivity index (χ1) is 17.2. The summed E-state index contributed by atoms with van der Waals surface area (Å²) in [5.41, 5.74) is 15.2. The van der Waals surface area contributed by atoms with Gasteiger partial charge in [0.2, 0.25) is 0 Å². The number of benzene rings is 2. The zero-order chi connectivity index (χ0) is 23.8. The van der Waals surface area contributed by atoms with E-state index in [0.717, 1.165) is 72.4 Å². The molecule has 3 aliphatic rings. The second kappa shape index (κ2) is 9.44. The third-order valence-corrected chi connectivity index (χ3v) is 7.78. The number of carbonyl (C=O) groups is 1. The normalized spacial score (nSPS) is 20.5. The molecule has 2 fully saturated rings. The molecule has 6 heteroatoms. The molecule has 1 atom stereocenters. The van der Waals surface area contributed by atoms with Crippen molar-refractivity contribution in [1.82, 2.24) is 15.6 Å². The number of nitrogens with zero attached hydrogens (tertiary/aromatic N) is 1. The van der Waals surface area contributed by atoms with Crippen LogP contribution in [0.3, 0.4) is 0 Å². The summed E-state index contributed by atoms with van der Waals surface area (Å²) in [6.07, 6.45) is 7.26. The summed E-state index contributed by atoms with van der Waals surface area (Å²) < 4.78 is 5.63. The summed E-state index contributed by atoms with van der Waals surface area (Å²) in [6, 6.07) is 15.4. The van der Waals surface area contributed by atoms with E-state index in [9.17, 15) is 4.79 Å². The van der Waals surface area contributed by atoms with Gasteiger partial charge in [0.1, 0.15) is 5.82 Å². The van der Waals surface area contributed by atoms with Crippen LogP contribution < -0.4 is 16.4 Å². The van der Waals surface area contributed by atoms with Crippen LogP contribution in [0.5, 0.6) is 0 Å². The molecule has 35 heavy (non-hydrogen) atoms. The number of nitrogens with two attached hydrogens (primary N) is 1. The molecule has 2 saturated heterocycles. The number of pyridine rings is 1. The van der Waals surface area contributed by atoms with E-state index in [4.69, 9.17) is 10.5 Å². The van der Waals surface area contributed by atoms with Crippen molar-refractivity contribution in [2.45, 2.75) is 44.1 Å². The fourth-order valence-corrected chi connectivity index (χ4v) is 5.85. The Morgan fingerprint density at radius 3 is 2.57 bits per heavy atom. The smallest absolute Gasteiger partial charge is 0.251 e. The molecule has 3 aromatic rings. The SMILES string of the molecule is Nc1ncc(-c2ccc(C3CCOCC3)c(C3CCCN3)c2)cc1-c1ccc2c(c1)CCNC2=O. The van der Waals surface area contributed by atoms with Crippen LogP contribution in [-0.2, 0) is 11.2 Å². The van der Waals surface area contributed by atoms with Crippen molar-refractivity contribution in [3.05, 3.63) is 70.9 Å². The molecule has 0 saturated carbocycles. The Kier molecular flexibility index (Phi) is 6.00. The molecule has 1 unspecified atom stereocenters. The highest BCUT2D eigenvalue weighted by atomic mass is 16.5. The minimum absolute atomic E-state index is 0.00434. The Morgan fingerprint density at radius 2 is 1.74 bits per heavy atom. The summed E-state index contributed by atoms with van der Waals surface area (Å²) in [6.45, 7) is 3.43. The van der Waals surface area contributed by atoms with E-state index in [1.54, 1.807) is 0 Å². The molecule has 0 spiro atoms. The van der Waals surface area contributed by atoms with Crippen molar-refractivity contribution in [2.24, 2.45) is 0 Å². The van der Waals surface area contributed by atoms with Gasteiger partial charge in [-0.1, -0.05) is 24.3 Å². The van der Waals surface area contributed by atoms with Gasteiger partial charge in [-0.15, -0.1) is 0 Å². The van der Waals surface area contributed by atoms with Crippen LogP contribution in [0.4, 0.5) is 5.82 Å². The maximum absolute atomic E-state index is 12.2. The first kappa shape index (κ1) is 22.3. The number of ether oxygens (including phenoxy) is 1. The highest BCUT2D eigenvalue weighted by Gasteiger charge is 2.25. The fourth-order valence-electron chi connectivity index (χ4n) is 5.85. The zero-order valence-electron chi connectivity index (χ0n) is 20.0. The minimum atomic E-state index is -0.00434. The van der Waals surface area contributed by atoms with Crippen molar-refractivity contribution in [1.29, 1.82) is 0 Å². The number of anilines is 1. The van der Waals surface area contributed by atoms with Gasteiger partial charge in [-0.2, -0.15) is 0 Å². The third kappa shape index (κ3) is 4.32. The Bertz CT molecular complexity index is 1260. The second-order valence-electron chi connectivity index (χ2n) is 9.91. The summed E-state index contributed by atoms with van der Waals surface area (Å²) in [5, 5.41) is 6.62. The van der Waals surface area contributed by atoms with Crippen LogP contribution in [0.1, 0.15) is 64.7 Å². The van der Waals surface area contributed by atoms with Crippen molar-refractivity contribution in [3.8, 4) is 22.3 Å². The molecule has 6 rings (SSSR count). The molecule has 0 aliphatic carbocycles. The van der Waals surface area contributed by atoms with Crippen LogP contribution in [-0.4, -0.2) is 37.2 Å². The number of nitrogen functional groups attached to an aromatic ring is 1. The van der Waals surface area contributed by atoms with Crippen LogP contribution in [0.2, 0.25) is 0 Å². The second-order valence-corrected chi connectivity index (χ2v) is 9.91. The van der Waals surface area contributed by atoms with Gasteiger partial charge in [0.15, 0.2) is 0 Å². The largest absolute Gasteiger partial charge is 0.383 e. The standard InChI is InChI=1S/C29H32N4O2/c30-28-25(20-4-6-24-21(14-20)7-11-32-29(24)34)16-22(17-33-28)19-3-5-23(18-8-12-35-13-9-18)26(15-19)27-2-1-10-31-27/h3-6,14-18,27,31H,1-2,7-13H2,(H2,30,33)(H,32,34). The lowest BCUT2D eigenvalue weighted by molar-refractivity contribution is 0.0850. The fraction of sp³-hybridized carbons (Fsp3) is 0.379. The van der Waals surface area contributed by atoms with E-state index < -0.39 is 0 Å². The molecular weight excluding hydrogens is 436 g/mol. The van der Waals surface area contributed by atoms with Gasteiger partial charge in [0, 0.05) is 48.7 Å². The number of nitrogens with one attached hydrogen (secondary N) is 2. The first-order valence-electron chi connectivity index (χ1n) is 12.8. The van der Waals surface area contributed by atoms with Gasteiger partial charge < -0.3 is 21.1 Å². The van der Waals surface area contributed by atoms with E-state index in [2.05, 4.69) is 45.9 Å². The quantitative estimate of drug-likeness (QED) is 0.521. The summed E-state index contributed by atoms with van der Waals surface area (Å²) in [4.78, 5) is 16.7. The lowest BCUT2D eigenvalue weighted by Crippen LogP contribution is -2.31. The first-order valence-corrected chi connectivity index (χ1v) is 12.8.